The van der Waals surface area contributed by atoms with Crippen LogP contribution in [0.4, 0.5) is 0 Å². The van der Waals surface area contributed by atoms with Crippen LogP contribution in [0.15, 0.2) is 24.3 Å². The van der Waals surface area contributed by atoms with E-state index in [2.05, 4.69) is 6.92 Å². The van der Waals surface area contributed by atoms with Crippen molar-refractivity contribution in [1.29, 1.82) is 0 Å². The second kappa shape index (κ2) is 8.57. The van der Waals surface area contributed by atoms with Gasteiger partial charge in [0.2, 0.25) is 5.91 Å². The van der Waals surface area contributed by atoms with E-state index in [9.17, 15) is 4.79 Å². The van der Waals surface area contributed by atoms with Crippen LogP contribution < -0.4 is 10.5 Å². The number of nitrogens with two attached hydrogens (primary N) is 1. The lowest BCUT2D eigenvalue weighted by Gasteiger charge is -2.16. The van der Waals surface area contributed by atoms with Crippen molar-refractivity contribution in [2.45, 2.75) is 51.4 Å². The molecule has 0 radical (unpaired) electrons. The van der Waals surface area contributed by atoms with E-state index in [0.29, 0.717) is 0 Å². The quantitative estimate of drug-likeness (QED) is 0.692. The molecule has 19 heavy (non-hydrogen) atoms. The topological polar surface area (TPSA) is 52.3 Å². The molecule has 1 atom stereocenters. The van der Waals surface area contributed by atoms with Crippen molar-refractivity contribution in [3.05, 3.63) is 29.8 Å². The Balaban J connectivity index is 2.64. The molecule has 0 saturated carbocycles. The SMILES string of the molecule is CCCCCCCC(C(N)=O)c1ccccc1OC. The second-order valence-electron chi connectivity index (χ2n) is 4.90. The molecule has 1 aromatic carbocycles. The van der Waals surface area contributed by atoms with Crippen LogP contribution in [0, 0.1) is 0 Å². The van der Waals surface area contributed by atoms with Crippen LogP contribution in [-0.2, 0) is 4.79 Å². The molecule has 2 N–H and O–H groups in total. The number of carbonyl (C=O) groups is 1. The molecule has 0 heterocycles. The first kappa shape index (κ1) is 15.5. The van der Waals surface area contributed by atoms with Crippen molar-refractivity contribution in [1.82, 2.24) is 0 Å². The van der Waals surface area contributed by atoms with Crippen molar-refractivity contribution in [2.24, 2.45) is 5.73 Å². The zero-order chi connectivity index (χ0) is 14.1. The number of hydrogen-bond donors (Lipinski definition) is 1. The Morgan fingerprint density at radius 3 is 2.53 bits per heavy atom. The fourth-order valence-corrected chi connectivity index (χ4v) is 2.36. The average Bonchev–Trinajstić information content (AvgIpc) is 2.42. The van der Waals surface area contributed by atoms with Crippen molar-refractivity contribution in [2.75, 3.05) is 7.11 Å². The minimum atomic E-state index is -0.264. The van der Waals surface area contributed by atoms with E-state index in [1.165, 1.54) is 19.3 Å². The van der Waals surface area contributed by atoms with E-state index in [-0.39, 0.29) is 11.8 Å². The number of unbranched alkanes of at least 4 members (excludes halogenated alkanes) is 4. The van der Waals surface area contributed by atoms with Gasteiger partial charge < -0.3 is 10.5 Å². The normalized spacial score (nSPS) is 12.1. The Hall–Kier alpha value is -1.51. The Kier molecular flexibility index (Phi) is 7.01. The van der Waals surface area contributed by atoms with E-state index in [4.69, 9.17) is 10.5 Å². The Morgan fingerprint density at radius 2 is 1.89 bits per heavy atom. The molecule has 0 saturated heterocycles. The van der Waals surface area contributed by atoms with Gasteiger partial charge in [-0.1, -0.05) is 57.2 Å². The largest absolute Gasteiger partial charge is 0.496 e. The molecule has 0 fully saturated rings. The molecule has 106 valence electrons. The van der Waals surface area contributed by atoms with E-state index in [1.54, 1.807) is 7.11 Å². The lowest BCUT2D eigenvalue weighted by Crippen LogP contribution is -2.22. The predicted molar refractivity (Wildman–Crippen MR) is 78.3 cm³/mol. The summed E-state index contributed by atoms with van der Waals surface area (Å²) < 4.78 is 5.31. The van der Waals surface area contributed by atoms with Crippen LogP contribution in [-0.4, -0.2) is 13.0 Å². The number of hydrogen-bond acceptors (Lipinski definition) is 2. The van der Waals surface area contributed by atoms with Crippen molar-refractivity contribution in [3.63, 3.8) is 0 Å². The molecule has 0 spiro atoms. The summed E-state index contributed by atoms with van der Waals surface area (Å²) in [6.07, 6.45) is 6.72. The molecule has 1 unspecified atom stereocenters. The number of para-hydroxylation sites is 1. The molecule has 0 bridgehead atoms. The van der Waals surface area contributed by atoms with Gasteiger partial charge in [-0.25, -0.2) is 0 Å². The van der Waals surface area contributed by atoms with Crippen LogP contribution in [0.25, 0.3) is 0 Å². The van der Waals surface area contributed by atoms with Crippen LogP contribution in [0.5, 0.6) is 5.75 Å². The molecule has 3 heteroatoms. The first-order valence-electron chi connectivity index (χ1n) is 7.13. The highest BCUT2D eigenvalue weighted by Crippen LogP contribution is 2.30. The summed E-state index contributed by atoms with van der Waals surface area (Å²) in [4.78, 5) is 11.7. The minimum absolute atomic E-state index is 0.238. The number of primary amides is 1. The molecule has 0 aromatic heterocycles. The Bertz CT molecular complexity index is 390. The summed E-state index contributed by atoms with van der Waals surface area (Å²) in [5, 5.41) is 0. The minimum Gasteiger partial charge on any atom is -0.496 e. The molecule has 0 aliphatic rings. The maximum Gasteiger partial charge on any atom is 0.225 e. The van der Waals surface area contributed by atoms with Gasteiger partial charge in [0.25, 0.3) is 0 Å². The summed E-state index contributed by atoms with van der Waals surface area (Å²) in [5.74, 6) is 0.248. The first-order chi connectivity index (χ1) is 9.20. The fraction of sp³-hybridized carbons (Fsp3) is 0.562. The Morgan fingerprint density at radius 1 is 1.21 bits per heavy atom. The lowest BCUT2D eigenvalue weighted by atomic mass is 9.91. The van der Waals surface area contributed by atoms with Crippen LogP contribution in [0.1, 0.15) is 56.9 Å². The van der Waals surface area contributed by atoms with E-state index in [0.717, 1.165) is 30.6 Å². The standard InChI is InChI=1S/C16H25NO2/c1-3-4-5-6-7-11-14(16(17)18)13-10-8-9-12-15(13)19-2/h8-10,12,14H,3-7,11H2,1-2H3,(H2,17,18). The molecular weight excluding hydrogens is 238 g/mol. The van der Waals surface area contributed by atoms with Gasteiger partial charge >= 0.3 is 0 Å². The van der Waals surface area contributed by atoms with Crippen LogP contribution in [0.2, 0.25) is 0 Å². The summed E-state index contributed by atoms with van der Waals surface area (Å²) in [5.41, 5.74) is 6.45. The smallest absolute Gasteiger partial charge is 0.225 e. The van der Waals surface area contributed by atoms with Crippen molar-refractivity contribution in [3.8, 4) is 5.75 Å². The summed E-state index contributed by atoms with van der Waals surface area (Å²) in [7, 11) is 1.62. The Labute approximate surface area is 116 Å². The maximum atomic E-state index is 11.7. The molecule has 0 aliphatic carbocycles. The van der Waals surface area contributed by atoms with Gasteiger partial charge in [0.1, 0.15) is 5.75 Å². The van der Waals surface area contributed by atoms with Gasteiger partial charge in [-0.2, -0.15) is 0 Å². The van der Waals surface area contributed by atoms with Gasteiger partial charge in [0, 0.05) is 5.56 Å². The van der Waals surface area contributed by atoms with Crippen LogP contribution >= 0.6 is 0 Å². The highest BCUT2D eigenvalue weighted by molar-refractivity contribution is 5.82. The number of ether oxygens (including phenoxy) is 1. The van der Waals surface area contributed by atoms with Crippen molar-refractivity contribution < 1.29 is 9.53 Å². The van der Waals surface area contributed by atoms with E-state index in [1.807, 2.05) is 24.3 Å². The first-order valence-corrected chi connectivity index (χ1v) is 7.13. The molecule has 1 amide bonds. The average molecular weight is 263 g/mol. The summed E-state index contributed by atoms with van der Waals surface area (Å²) >= 11 is 0. The maximum absolute atomic E-state index is 11.7. The molecule has 1 rings (SSSR count). The van der Waals surface area contributed by atoms with Gasteiger partial charge in [0.15, 0.2) is 0 Å². The number of methoxy groups -OCH3 is 1. The highest BCUT2D eigenvalue weighted by Gasteiger charge is 2.20. The zero-order valence-corrected chi connectivity index (χ0v) is 12.0. The highest BCUT2D eigenvalue weighted by atomic mass is 16.5. The second-order valence-corrected chi connectivity index (χ2v) is 4.90. The predicted octanol–water partition coefficient (Wildman–Crippen LogP) is 3.62. The third-order valence-corrected chi connectivity index (χ3v) is 3.45. The molecule has 3 nitrogen and oxygen atoms in total. The van der Waals surface area contributed by atoms with Gasteiger partial charge in [-0.3, -0.25) is 4.79 Å². The summed E-state index contributed by atoms with van der Waals surface area (Å²) in [6.45, 7) is 2.20. The van der Waals surface area contributed by atoms with Crippen LogP contribution in [0.3, 0.4) is 0 Å². The third-order valence-electron chi connectivity index (χ3n) is 3.45. The molecular formula is C16H25NO2. The van der Waals surface area contributed by atoms with Gasteiger partial charge in [-0.05, 0) is 12.5 Å². The van der Waals surface area contributed by atoms with E-state index < -0.39 is 0 Å². The summed E-state index contributed by atoms with van der Waals surface area (Å²) in [6, 6.07) is 7.63. The lowest BCUT2D eigenvalue weighted by molar-refractivity contribution is -0.119. The fourth-order valence-electron chi connectivity index (χ4n) is 2.36. The third kappa shape index (κ3) is 4.93. The number of benzene rings is 1. The number of rotatable bonds is 9. The van der Waals surface area contributed by atoms with E-state index >= 15 is 0 Å². The molecule has 0 aliphatic heterocycles. The monoisotopic (exact) mass is 263 g/mol. The van der Waals surface area contributed by atoms with Gasteiger partial charge in [-0.15, -0.1) is 0 Å². The van der Waals surface area contributed by atoms with Crippen molar-refractivity contribution >= 4 is 5.91 Å². The van der Waals surface area contributed by atoms with Gasteiger partial charge in [0.05, 0.1) is 13.0 Å². The zero-order valence-electron chi connectivity index (χ0n) is 12.0. The number of amides is 1. The molecule has 1 aromatic rings. The number of carbonyl (C=O) groups excluding carboxylic acids is 1.